The van der Waals surface area contributed by atoms with E-state index >= 15 is 0 Å². The van der Waals surface area contributed by atoms with Gasteiger partial charge in [0.05, 0.1) is 6.04 Å². The molecule has 18 heavy (non-hydrogen) atoms. The predicted octanol–water partition coefficient (Wildman–Crippen LogP) is 1.00. The van der Waals surface area contributed by atoms with Gasteiger partial charge in [-0.05, 0) is 32.6 Å². The predicted molar refractivity (Wildman–Crippen MR) is 67.7 cm³/mol. The maximum Gasteiger partial charge on any atom is 0.276 e. The molecular formula is C12H17N5O. The van der Waals surface area contributed by atoms with Gasteiger partial charge >= 0.3 is 0 Å². The molecule has 0 fully saturated rings. The van der Waals surface area contributed by atoms with Crippen LogP contribution in [0.25, 0.3) is 11.6 Å². The summed E-state index contributed by atoms with van der Waals surface area (Å²) in [7, 11) is 3.90. The summed E-state index contributed by atoms with van der Waals surface area (Å²) in [4.78, 5) is 10.5. The maximum atomic E-state index is 5.98. The van der Waals surface area contributed by atoms with Gasteiger partial charge in [-0.1, -0.05) is 11.2 Å². The fourth-order valence-corrected chi connectivity index (χ4v) is 1.67. The van der Waals surface area contributed by atoms with Crippen LogP contribution in [-0.4, -0.2) is 40.7 Å². The number of rotatable bonds is 4. The van der Waals surface area contributed by atoms with Crippen molar-refractivity contribution in [3.05, 3.63) is 29.7 Å². The molecule has 6 heteroatoms. The van der Waals surface area contributed by atoms with Gasteiger partial charge in [0.2, 0.25) is 0 Å². The Kier molecular flexibility index (Phi) is 3.69. The number of hydrogen-bond acceptors (Lipinski definition) is 6. The van der Waals surface area contributed by atoms with Crippen molar-refractivity contribution in [1.82, 2.24) is 20.0 Å². The Morgan fingerprint density at radius 3 is 2.89 bits per heavy atom. The lowest BCUT2D eigenvalue weighted by atomic mass is 10.2. The van der Waals surface area contributed by atoms with Gasteiger partial charge in [-0.25, -0.2) is 0 Å². The van der Waals surface area contributed by atoms with E-state index in [9.17, 15) is 0 Å². The Morgan fingerprint density at radius 2 is 2.22 bits per heavy atom. The Balaban J connectivity index is 2.23. The minimum absolute atomic E-state index is 0.262. The van der Waals surface area contributed by atoms with Crippen molar-refractivity contribution in [3.63, 3.8) is 0 Å². The van der Waals surface area contributed by atoms with Crippen molar-refractivity contribution >= 4 is 0 Å². The molecule has 1 atom stereocenters. The lowest BCUT2D eigenvalue weighted by molar-refractivity contribution is 0.357. The highest BCUT2D eigenvalue weighted by Crippen LogP contribution is 2.19. The zero-order chi connectivity index (χ0) is 13.1. The summed E-state index contributed by atoms with van der Waals surface area (Å²) in [5, 5.41) is 3.91. The van der Waals surface area contributed by atoms with Crippen LogP contribution < -0.4 is 5.73 Å². The molecule has 1 unspecified atom stereocenters. The van der Waals surface area contributed by atoms with E-state index in [1.165, 1.54) is 0 Å². The normalized spacial score (nSPS) is 12.9. The molecule has 0 saturated carbocycles. The van der Waals surface area contributed by atoms with E-state index < -0.39 is 0 Å². The fourth-order valence-electron chi connectivity index (χ4n) is 1.67. The second kappa shape index (κ2) is 5.24. The van der Waals surface area contributed by atoms with Crippen molar-refractivity contribution < 1.29 is 4.52 Å². The van der Waals surface area contributed by atoms with Gasteiger partial charge in [0.25, 0.3) is 5.89 Å². The molecular weight excluding hydrogens is 230 g/mol. The van der Waals surface area contributed by atoms with Crippen LogP contribution in [0, 0.1) is 6.92 Å². The van der Waals surface area contributed by atoms with Gasteiger partial charge in [-0.15, -0.1) is 0 Å². The van der Waals surface area contributed by atoms with Crippen molar-refractivity contribution in [1.29, 1.82) is 0 Å². The molecule has 0 aromatic carbocycles. The molecule has 2 N–H and O–H groups in total. The summed E-state index contributed by atoms with van der Waals surface area (Å²) < 4.78 is 5.21. The monoisotopic (exact) mass is 247 g/mol. The molecule has 0 aliphatic carbocycles. The van der Waals surface area contributed by atoms with Crippen LogP contribution >= 0.6 is 0 Å². The van der Waals surface area contributed by atoms with Gasteiger partial charge in [0, 0.05) is 12.7 Å². The van der Waals surface area contributed by atoms with Crippen LogP contribution in [-0.2, 0) is 0 Å². The standard InChI is InChI=1S/C12H17N5O/c1-8-5-4-6-14-10(8)12-15-11(16-18-12)9(13)7-17(2)3/h4-6,9H,7,13H2,1-3H3. The highest BCUT2D eigenvalue weighted by Gasteiger charge is 2.17. The second-order valence-corrected chi connectivity index (χ2v) is 4.50. The third-order valence-corrected chi connectivity index (χ3v) is 2.55. The molecule has 6 nitrogen and oxygen atoms in total. The summed E-state index contributed by atoms with van der Waals surface area (Å²) in [5.74, 6) is 0.918. The minimum Gasteiger partial charge on any atom is -0.332 e. The first-order valence-electron chi connectivity index (χ1n) is 5.74. The lowest BCUT2D eigenvalue weighted by Crippen LogP contribution is -2.26. The van der Waals surface area contributed by atoms with E-state index in [0.717, 1.165) is 5.56 Å². The largest absolute Gasteiger partial charge is 0.332 e. The van der Waals surface area contributed by atoms with Crippen molar-refractivity contribution in [2.45, 2.75) is 13.0 Å². The molecule has 0 aliphatic heterocycles. The molecule has 2 aromatic rings. The van der Waals surface area contributed by atoms with Gasteiger partial charge < -0.3 is 15.2 Å². The Hall–Kier alpha value is -1.79. The number of aromatic nitrogens is 3. The van der Waals surface area contributed by atoms with Gasteiger partial charge in [-0.3, -0.25) is 4.98 Å². The van der Waals surface area contributed by atoms with Crippen LogP contribution in [0.3, 0.4) is 0 Å². The number of nitrogens with two attached hydrogens (primary N) is 1. The van der Waals surface area contributed by atoms with Crippen LogP contribution in [0.2, 0.25) is 0 Å². The number of nitrogens with zero attached hydrogens (tertiary/aromatic N) is 4. The number of pyridine rings is 1. The van der Waals surface area contributed by atoms with E-state index in [1.807, 2.05) is 38.1 Å². The van der Waals surface area contributed by atoms with Crippen molar-refractivity contribution in [3.8, 4) is 11.6 Å². The second-order valence-electron chi connectivity index (χ2n) is 4.50. The van der Waals surface area contributed by atoms with Crippen LogP contribution in [0.5, 0.6) is 0 Å². The number of likely N-dealkylation sites (N-methyl/N-ethyl adjacent to an activating group) is 1. The first kappa shape index (κ1) is 12.7. The average Bonchev–Trinajstić information content (AvgIpc) is 2.78. The first-order valence-corrected chi connectivity index (χ1v) is 5.74. The first-order chi connectivity index (χ1) is 8.58. The highest BCUT2D eigenvalue weighted by atomic mass is 16.5. The van der Waals surface area contributed by atoms with E-state index in [1.54, 1.807) is 6.20 Å². The summed E-state index contributed by atoms with van der Waals surface area (Å²) in [6.45, 7) is 2.62. The molecule has 2 rings (SSSR count). The molecule has 2 aromatic heterocycles. The van der Waals surface area contributed by atoms with Gasteiger partial charge in [-0.2, -0.15) is 4.98 Å². The molecule has 0 spiro atoms. The van der Waals surface area contributed by atoms with Crippen LogP contribution in [0.1, 0.15) is 17.4 Å². The zero-order valence-electron chi connectivity index (χ0n) is 10.8. The molecule has 0 aliphatic rings. The summed E-state index contributed by atoms with van der Waals surface area (Å²) in [6, 6.07) is 3.56. The van der Waals surface area contributed by atoms with E-state index in [-0.39, 0.29) is 6.04 Å². The minimum atomic E-state index is -0.262. The molecule has 0 saturated heterocycles. The SMILES string of the molecule is Cc1cccnc1-c1nc(C(N)CN(C)C)no1. The Bertz CT molecular complexity index is 523. The summed E-state index contributed by atoms with van der Waals surface area (Å²) in [5.41, 5.74) is 7.67. The number of hydrogen-bond donors (Lipinski definition) is 1. The van der Waals surface area contributed by atoms with Crippen LogP contribution in [0.15, 0.2) is 22.9 Å². The third kappa shape index (κ3) is 2.72. The van der Waals surface area contributed by atoms with Crippen LogP contribution in [0.4, 0.5) is 0 Å². The van der Waals surface area contributed by atoms with Gasteiger partial charge in [0.1, 0.15) is 5.69 Å². The van der Waals surface area contributed by atoms with Gasteiger partial charge in [0.15, 0.2) is 5.82 Å². The quantitative estimate of drug-likeness (QED) is 0.868. The fraction of sp³-hybridized carbons (Fsp3) is 0.417. The Labute approximate surface area is 106 Å². The van der Waals surface area contributed by atoms with E-state index in [4.69, 9.17) is 10.3 Å². The smallest absolute Gasteiger partial charge is 0.276 e. The van der Waals surface area contributed by atoms with Crippen molar-refractivity contribution in [2.75, 3.05) is 20.6 Å². The maximum absolute atomic E-state index is 5.98. The van der Waals surface area contributed by atoms with Crippen molar-refractivity contribution in [2.24, 2.45) is 5.73 Å². The molecule has 0 amide bonds. The zero-order valence-corrected chi connectivity index (χ0v) is 10.8. The average molecular weight is 247 g/mol. The summed E-state index contributed by atoms with van der Waals surface area (Å²) >= 11 is 0. The Morgan fingerprint density at radius 1 is 1.44 bits per heavy atom. The topological polar surface area (TPSA) is 81.1 Å². The lowest BCUT2D eigenvalue weighted by Gasteiger charge is -2.12. The third-order valence-electron chi connectivity index (χ3n) is 2.55. The molecule has 2 heterocycles. The van der Waals surface area contributed by atoms with E-state index in [0.29, 0.717) is 24.0 Å². The molecule has 0 bridgehead atoms. The highest BCUT2D eigenvalue weighted by molar-refractivity contribution is 5.51. The number of aryl methyl sites for hydroxylation is 1. The molecule has 0 radical (unpaired) electrons. The van der Waals surface area contributed by atoms with E-state index in [2.05, 4.69) is 15.1 Å². The summed E-state index contributed by atoms with van der Waals surface area (Å²) in [6.07, 6.45) is 1.70. The molecule has 96 valence electrons.